The Hall–Kier alpha value is -2.04. The molecule has 1 saturated heterocycles. The maximum Gasteiger partial charge on any atom is 0.224 e. The number of rotatable bonds is 5. The summed E-state index contributed by atoms with van der Waals surface area (Å²) in [6.45, 7) is 5.83. The van der Waals surface area contributed by atoms with Gasteiger partial charge in [-0.2, -0.15) is 5.10 Å². The third-order valence-electron chi connectivity index (χ3n) is 4.71. The topological polar surface area (TPSA) is 43.1 Å². The number of nitrogens with zero attached hydrogens (tertiary/aromatic N) is 4. The fourth-order valence-corrected chi connectivity index (χ4v) is 3.42. The van der Waals surface area contributed by atoms with Gasteiger partial charge in [0.25, 0.3) is 0 Å². The van der Waals surface area contributed by atoms with Crippen LogP contribution in [0.1, 0.15) is 44.2 Å². The fourth-order valence-electron chi connectivity index (χ4n) is 3.42. The van der Waals surface area contributed by atoms with Gasteiger partial charge >= 0.3 is 0 Å². The molecule has 0 saturated carbocycles. The Bertz CT molecular complexity index is 631. The molecule has 0 bridgehead atoms. The highest BCUT2D eigenvalue weighted by Gasteiger charge is 2.28. The Morgan fingerprint density at radius 2 is 2.13 bits per heavy atom. The lowest BCUT2D eigenvalue weighted by Gasteiger charge is -2.36. The number of piperidine rings is 1. The van der Waals surface area contributed by atoms with Crippen LogP contribution in [0.3, 0.4) is 0 Å². The summed E-state index contributed by atoms with van der Waals surface area (Å²) in [6, 6.07) is 4.48. The Balaban J connectivity index is 1.64. The summed E-state index contributed by atoms with van der Waals surface area (Å²) in [7, 11) is 0. The summed E-state index contributed by atoms with van der Waals surface area (Å²) in [5.41, 5.74) is 1.17. The summed E-state index contributed by atoms with van der Waals surface area (Å²) in [5, 5.41) is 4.38. The van der Waals surface area contributed by atoms with Crippen molar-refractivity contribution >= 4 is 5.91 Å². The molecule has 1 fully saturated rings. The van der Waals surface area contributed by atoms with Gasteiger partial charge in [0.2, 0.25) is 5.91 Å². The van der Waals surface area contributed by atoms with E-state index in [0.717, 1.165) is 25.9 Å². The van der Waals surface area contributed by atoms with Crippen LogP contribution in [-0.2, 0) is 11.3 Å². The highest BCUT2D eigenvalue weighted by Crippen LogP contribution is 2.22. The van der Waals surface area contributed by atoms with Crippen molar-refractivity contribution in [1.82, 2.24) is 19.2 Å². The van der Waals surface area contributed by atoms with Crippen molar-refractivity contribution in [3.8, 4) is 0 Å². The first-order valence-corrected chi connectivity index (χ1v) is 8.54. The van der Waals surface area contributed by atoms with Crippen LogP contribution < -0.4 is 0 Å². The molecular formula is C18H26N4O. The predicted octanol–water partition coefficient (Wildman–Crippen LogP) is 3.03. The van der Waals surface area contributed by atoms with Crippen LogP contribution in [-0.4, -0.2) is 37.7 Å². The van der Waals surface area contributed by atoms with E-state index in [0.29, 0.717) is 6.42 Å². The lowest BCUT2D eigenvalue weighted by Crippen LogP contribution is -2.46. The molecule has 1 amide bonds. The largest absolute Gasteiger partial charge is 0.351 e. The SMILES string of the molecule is Cc1cnn(C[C@@H]2CCCCN2C(=O)C[C@@H](C)n2cccc2)c1. The number of hydrogen-bond acceptors (Lipinski definition) is 2. The van der Waals surface area contributed by atoms with Crippen LogP contribution in [0.2, 0.25) is 0 Å². The number of carbonyl (C=O) groups excluding carboxylic acids is 1. The lowest BCUT2D eigenvalue weighted by atomic mass is 10.0. The average molecular weight is 314 g/mol. The van der Waals surface area contributed by atoms with Crippen LogP contribution in [0, 0.1) is 6.92 Å². The minimum absolute atomic E-state index is 0.201. The van der Waals surface area contributed by atoms with E-state index in [1.165, 1.54) is 12.0 Å². The number of aromatic nitrogens is 3. The van der Waals surface area contributed by atoms with Crippen molar-refractivity contribution in [1.29, 1.82) is 0 Å². The predicted molar refractivity (Wildman–Crippen MR) is 90.1 cm³/mol. The fraction of sp³-hybridized carbons (Fsp3) is 0.556. The van der Waals surface area contributed by atoms with Gasteiger partial charge in [0.1, 0.15) is 0 Å². The first-order chi connectivity index (χ1) is 11.1. The second-order valence-corrected chi connectivity index (χ2v) is 6.66. The van der Waals surface area contributed by atoms with E-state index in [4.69, 9.17) is 0 Å². The van der Waals surface area contributed by atoms with E-state index in [9.17, 15) is 4.79 Å². The molecule has 3 rings (SSSR count). The monoisotopic (exact) mass is 314 g/mol. The summed E-state index contributed by atoms with van der Waals surface area (Å²) in [4.78, 5) is 14.9. The van der Waals surface area contributed by atoms with Crippen molar-refractivity contribution < 1.29 is 4.79 Å². The second-order valence-electron chi connectivity index (χ2n) is 6.66. The minimum atomic E-state index is 0.201. The van der Waals surface area contributed by atoms with Crippen molar-refractivity contribution in [3.63, 3.8) is 0 Å². The third kappa shape index (κ3) is 3.84. The van der Waals surface area contributed by atoms with Gasteiger partial charge in [0, 0.05) is 37.6 Å². The first-order valence-electron chi connectivity index (χ1n) is 8.54. The number of likely N-dealkylation sites (tertiary alicyclic amines) is 1. The molecule has 0 unspecified atom stereocenters. The van der Waals surface area contributed by atoms with Gasteiger partial charge in [0.05, 0.1) is 18.8 Å². The summed E-state index contributed by atoms with van der Waals surface area (Å²) < 4.78 is 4.08. The smallest absolute Gasteiger partial charge is 0.224 e. The molecule has 5 nitrogen and oxygen atoms in total. The van der Waals surface area contributed by atoms with Gasteiger partial charge in [0.15, 0.2) is 0 Å². The van der Waals surface area contributed by atoms with Gasteiger partial charge in [-0.1, -0.05) is 0 Å². The molecule has 3 heterocycles. The lowest BCUT2D eigenvalue weighted by molar-refractivity contribution is -0.136. The van der Waals surface area contributed by atoms with E-state index >= 15 is 0 Å². The van der Waals surface area contributed by atoms with Gasteiger partial charge in [-0.05, 0) is 50.8 Å². The molecule has 23 heavy (non-hydrogen) atoms. The number of hydrogen-bond donors (Lipinski definition) is 0. The molecule has 2 aromatic heterocycles. The molecule has 5 heteroatoms. The van der Waals surface area contributed by atoms with Crippen LogP contribution in [0.4, 0.5) is 0 Å². The Kier molecular flexibility index (Phi) is 4.84. The van der Waals surface area contributed by atoms with Crippen molar-refractivity contribution in [2.24, 2.45) is 0 Å². The highest BCUT2D eigenvalue weighted by molar-refractivity contribution is 5.77. The third-order valence-corrected chi connectivity index (χ3v) is 4.71. The van der Waals surface area contributed by atoms with Gasteiger partial charge in [-0.3, -0.25) is 9.48 Å². The number of aryl methyl sites for hydroxylation is 1. The summed E-state index contributed by atoms with van der Waals surface area (Å²) in [5.74, 6) is 0.264. The zero-order valence-corrected chi connectivity index (χ0v) is 14.1. The molecule has 1 aliphatic rings. The van der Waals surface area contributed by atoms with Crippen LogP contribution in [0.15, 0.2) is 36.9 Å². The maximum atomic E-state index is 12.8. The van der Waals surface area contributed by atoms with E-state index in [2.05, 4.69) is 27.7 Å². The normalized spacial score (nSPS) is 19.7. The maximum absolute atomic E-state index is 12.8. The second kappa shape index (κ2) is 7.02. The van der Waals surface area contributed by atoms with Crippen molar-refractivity contribution in [2.75, 3.05) is 6.54 Å². The van der Waals surface area contributed by atoms with Gasteiger partial charge in [-0.25, -0.2) is 0 Å². The molecule has 2 atom stereocenters. The minimum Gasteiger partial charge on any atom is -0.351 e. The highest BCUT2D eigenvalue weighted by atomic mass is 16.2. The summed E-state index contributed by atoms with van der Waals surface area (Å²) in [6.07, 6.45) is 11.9. The first kappa shape index (κ1) is 15.8. The quantitative estimate of drug-likeness (QED) is 0.851. The Morgan fingerprint density at radius 1 is 1.35 bits per heavy atom. The van der Waals surface area contributed by atoms with Crippen molar-refractivity contribution in [3.05, 3.63) is 42.5 Å². The molecule has 0 aliphatic carbocycles. The molecule has 0 spiro atoms. The van der Waals surface area contributed by atoms with E-state index in [1.54, 1.807) is 0 Å². The number of carbonyl (C=O) groups is 1. The Morgan fingerprint density at radius 3 is 2.83 bits per heavy atom. The van der Waals surface area contributed by atoms with Crippen LogP contribution >= 0.6 is 0 Å². The zero-order chi connectivity index (χ0) is 16.2. The molecule has 0 radical (unpaired) electrons. The zero-order valence-electron chi connectivity index (χ0n) is 14.1. The molecule has 1 aliphatic heterocycles. The molecule has 0 aromatic carbocycles. The van der Waals surface area contributed by atoms with E-state index < -0.39 is 0 Å². The van der Waals surface area contributed by atoms with Gasteiger partial charge < -0.3 is 9.47 Å². The molecule has 2 aromatic rings. The summed E-state index contributed by atoms with van der Waals surface area (Å²) >= 11 is 0. The molecular weight excluding hydrogens is 288 g/mol. The Labute approximate surface area is 137 Å². The van der Waals surface area contributed by atoms with E-state index in [-0.39, 0.29) is 18.0 Å². The van der Waals surface area contributed by atoms with Crippen LogP contribution in [0.25, 0.3) is 0 Å². The average Bonchev–Trinajstić information content (AvgIpc) is 3.19. The van der Waals surface area contributed by atoms with E-state index in [1.807, 2.05) is 42.3 Å². The van der Waals surface area contributed by atoms with Gasteiger partial charge in [-0.15, -0.1) is 0 Å². The van der Waals surface area contributed by atoms with Crippen LogP contribution in [0.5, 0.6) is 0 Å². The standard InChI is InChI=1S/C18H26N4O/c1-15-12-19-21(13-15)14-17-7-3-4-10-22(17)18(23)11-16(2)20-8-5-6-9-20/h5-6,8-9,12-13,16-17H,3-4,7,10-11,14H2,1-2H3/t16-,17+/m1/s1. The van der Waals surface area contributed by atoms with Crippen molar-refractivity contribution in [2.45, 2.75) is 58.2 Å². The molecule has 124 valence electrons. The number of amides is 1. The molecule has 0 N–H and O–H groups in total.